The van der Waals surface area contributed by atoms with Crippen LogP contribution in [0.25, 0.3) is 0 Å². The minimum absolute atomic E-state index is 0.0998. The quantitative estimate of drug-likeness (QED) is 0.664. The van der Waals surface area contributed by atoms with Gasteiger partial charge in [-0.1, -0.05) is 12.1 Å². The van der Waals surface area contributed by atoms with Gasteiger partial charge in [0.2, 0.25) is 0 Å². The molecule has 1 aliphatic rings. The van der Waals surface area contributed by atoms with Crippen LogP contribution < -0.4 is 4.18 Å². The van der Waals surface area contributed by atoms with Crippen LogP contribution in [-0.4, -0.2) is 25.0 Å². The average Bonchev–Trinajstić information content (AvgIpc) is 3.12. The lowest BCUT2D eigenvalue weighted by molar-refractivity contribution is -0.136. The Morgan fingerprint density at radius 3 is 2.43 bits per heavy atom. The number of carboxylic acid groups (broad SMARTS) is 1. The predicted octanol–water partition coefficient (Wildman–Crippen LogP) is 2.42. The summed E-state index contributed by atoms with van der Waals surface area (Å²) in [7, 11) is -5.73. The largest absolute Gasteiger partial charge is 0.534 e. The number of aliphatic carboxylic acids is 1. The van der Waals surface area contributed by atoms with Crippen molar-refractivity contribution in [2.75, 3.05) is 0 Å². The summed E-state index contributed by atoms with van der Waals surface area (Å²) in [6, 6.07) is 3.68. The summed E-state index contributed by atoms with van der Waals surface area (Å²) in [5, 5.41) is 8.70. The summed E-state index contributed by atoms with van der Waals surface area (Å²) < 4.78 is 63.2. The molecule has 1 aliphatic carbocycles. The highest BCUT2D eigenvalue weighted by Gasteiger charge is 2.49. The molecule has 1 aromatic carbocycles. The third-order valence-corrected chi connectivity index (χ3v) is 3.90. The highest BCUT2D eigenvalue weighted by Crippen LogP contribution is 2.45. The zero-order valence-electron chi connectivity index (χ0n) is 10.6. The topological polar surface area (TPSA) is 80.7 Å². The van der Waals surface area contributed by atoms with Crippen LogP contribution in [0.3, 0.4) is 0 Å². The predicted molar refractivity (Wildman–Crippen MR) is 65.4 cm³/mol. The summed E-state index contributed by atoms with van der Waals surface area (Å²) in [4.78, 5) is 10.6. The summed E-state index contributed by atoms with van der Waals surface area (Å²) in [6.07, 6.45) is 1.09. The molecule has 2 rings (SSSR count). The molecule has 9 heteroatoms. The molecule has 0 amide bonds. The van der Waals surface area contributed by atoms with Crippen molar-refractivity contribution in [1.82, 2.24) is 0 Å². The number of rotatable bonds is 5. The summed E-state index contributed by atoms with van der Waals surface area (Å²) in [6.45, 7) is 0. The van der Waals surface area contributed by atoms with E-state index >= 15 is 0 Å². The van der Waals surface area contributed by atoms with Crippen LogP contribution in [0, 0.1) is 0 Å². The second-order valence-corrected chi connectivity index (χ2v) is 6.24. The first-order chi connectivity index (χ1) is 9.60. The van der Waals surface area contributed by atoms with Crippen molar-refractivity contribution in [3.8, 4) is 5.75 Å². The maximum absolute atomic E-state index is 12.3. The molecular formula is C12H11F3O5S. The van der Waals surface area contributed by atoms with Crippen molar-refractivity contribution < 1.29 is 35.7 Å². The second-order valence-electron chi connectivity index (χ2n) is 4.70. The van der Waals surface area contributed by atoms with E-state index < -0.39 is 27.3 Å². The fraction of sp³-hybridized carbons (Fsp3) is 0.417. The summed E-state index contributed by atoms with van der Waals surface area (Å²) >= 11 is 0. The second kappa shape index (κ2) is 5.21. The fourth-order valence-electron chi connectivity index (χ4n) is 1.84. The number of carbonyl (C=O) groups is 1. The molecule has 1 aromatic rings. The molecule has 1 N–H and O–H groups in total. The molecule has 116 valence electrons. The van der Waals surface area contributed by atoms with Crippen LogP contribution in [-0.2, 0) is 21.3 Å². The number of halogens is 3. The SMILES string of the molecule is O=C(O)Cc1ccc(OS(=O)(=O)C(F)(F)F)c(C2CC2)c1. The van der Waals surface area contributed by atoms with Crippen molar-refractivity contribution in [2.45, 2.75) is 30.7 Å². The van der Waals surface area contributed by atoms with Crippen LogP contribution in [0.1, 0.15) is 29.9 Å². The first kappa shape index (κ1) is 15.6. The van der Waals surface area contributed by atoms with E-state index in [1.54, 1.807) is 0 Å². The minimum Gasteiger partial charge on any atom is -0.481 e. The Bertz CT molecular complexity index is 662. The van der Waals surface area contributed by atoms with E-state index in [9.17, 15) is 26.4 Å². The Hall–Kier alpha value is -1.77. The normalized spacial score (nSPS) is 15.8. The average molecular weight is 324 g/mol. The van der Waals surface area contributed by atoms with E-state index in [1.807, 2.05) is 0 Å². The molecule has 5 nitrogen and oxygen atoms in total. The Balaban J connectivity index is 2.34. The third-order valence-electron chi connectivity index (χ3n) is 2.93. The molecule has 0 spiro atoms. The Morgan fingerprint density at radius 2 is 1.95 bits per heavy atom. The zero-order chi connectivity index (χ0) is 15.8. The van der Waals surface area contributed by atoms with E-state index in [-0.39, 0.29) is 12.3 Å². The highest BCUT2D eigenvalue weighted by molar-refractivity contribution is 7.88. The van der Waals surface area contributed by atoms with E-state index in [4.69, 9.17) is 5.11 Å². The lowest BCUT2D eigenvalue weighted by Crippen LogP contribution is -2.28. The first-order valence-electron chi connectivity index (χ1n) is 5.95. The van der Waals surface area contributed by atoms with Gasteiger partial charge in [-0.05, 0) is 36.0 Å². The van der Waals surface area contributed by atoms with Gasteiger partial charge < -0.3 is 9.29 Å². The lowest BCUT2D eigenvalue weighted by atomic mass is 10.0. The lowest BCUT2D eigenvalue weighted by Gasteiger charge is -2.13. The molecule has 0 bridgehead atoms. The van der Waals surface area contributed by atoms with Gasteiger partial charge in [0.25, 0.3) is 0 Å². The molecule has 0 aliphatic heterocycles. The smallest absolute Gasteiger partial charge is 0.481 e. The molecule has 0 radical (unpaired) electrons. The molecule has 21 heavy (non-hydrogen) atoms. The Morgan fingerprint density at radius 1 is 1.33 bits per heavy atom. The van der Waals surface area contributed by atoms with Gasteiger partial charge in [0.1, 0.15) is 5.75 Å². The van der Waals surface area contributed by atoms with Crippen LogP contribution in [0.2, 0.25) is 0 Å². The monoisotopic (exact) mass is 324 g/mol. The van der Waals surface area contributed by atoms with Crippen molar-refractivity contribution in [3.05, 3.63) is 29.3 Å². The Labute approximate surface area is 118 Å². The van der Waals surface area contributed by atoms with Crippen molar-refractivity contribution in [1.29, 1.82) is 0 Å². The maximum Gasteiger partial charge on any atom is 0.534 e. The number of hydrogen-bond donors (Lipinski definition) is 1. The van der Waals surface area contributed by atoms with Gasteiger partial charge in [-0.3, -0.25) is 4.79 Å². The van der Waals surface area contributed by atoms with E-state index in [1.165, 1.54) is 12.1 Å². The fourth-order valence-corrected chi connectivity index (χ4v) is 2.32. The van der Waals surface area contributed by atoms with E-state index in [2.05, 4.69) is 4.18 Å². The van der Waals surface area contributed by atoms with Gasteiger partial charge in [0.05, 0.1) is 6.42 Å². The molecule has 0 aromatic heterocycles. The highest BCUT2D eigenvalue weighted by atomic mass is 32.2. The molecule has 0 heterocycles. The number of benzene rings is 1. The van der Waals surface area contributed by atoms with Crippen molar-refractivity contribution in [2.24, 2.45) is 0 Å². The minimum atomic E-state index is -5.73. The Kier molecular flexibility index (Phi) is 3.87. The van der Waals surface area contributed by atoms with Gasteiger partial charge in [-0.25, -0.2) is 0 Å². The van der Waals surface area contributed by atoms with E-state index in [0.29, 0.717) is 24.0 Å². The molecule has 0 saturated heterocycles. The summed E-state index contributed by atoms with van der Waals surface area (Å²) in [5.41, 5.74) is -4.84. The zero-order valence-corrected chi connectivity index (χ0v) is 11.4. The molecule has 0 atom stereocenters. The third kappa shape index (κ3) is 3.66. The molecular weight excluding hydrogens is 313 g/mol. The summed E-state index contributed by atoms with van der Waals surface area (Å²) in [5.74, 6) is -1.59. The molecule has 0 unspecified atom stereocenters. The van der Waals surface area contributed by atoms with Gasteiger partial charge in [-0.2, -0.15) is 21.6 Å². The van der Waals surface area contributed by atoms with Crippen LogP contribution >= 0.6 is 0 Å². The van der Waals surface area contributed by atoms with Crippen LogP contribution in [0.4, 0.5) is 13.2 Å². The van der Waals surface area contributed by atoms with E-state index in [0.717, 1.165) is 6.07 Å². The number of hydrogen-bond acceptors (Lipinski definition) is 4. The van der Waals surface area contributed by atoms with Crippen LogP contribution in [0.5, 0.6) is 5.75 Å². The molecule has 1 fully saturated rings. The maximum atomic E-state index is 12.3. The molecule has 1 saturated carbocycles. The van der Waals surface area contributed by atoms with Crippen molar-refractivity contribution in [3.63, 3.8) is 0 Å². The standard InChI is InChI=1S/C12H11F3O5S/c13-12(14,15)21(18,19)20-10-4-1-7(6-11(16)17)5-9(10)8-2-3-8/h1,4-5,8H,2-3,6H2,(H,16,17). The van der Waals surface area contributed by atoms with Gasteiger partial charge in [0, 0.05) is 0 Å². The number of alkyl halides is 3. The van der Waals surface area contributed by atoms with Gasteiger partial charge in [0.15, 0.2) is 0 Å². The first-order valence-corrected chi connectivity index (χ1v) is 7.36. The number of carboxylic acids is 1. The van der Waals surface area contributed by atoms with Gasteiger partial charge >= 0.3 is 21.6 Å². The van der Waals surface area contributed by atoms with Crippen molar-refractivity contribution >= 4 is 16.1 Å². The van der Waals surface area contributed by atoms with Crippen LogP contribution in [0.15, 0.2) is 18.2 Å². The van der Waals surface area contributed by atoms with Gasteiger partial charge in [-0.15, -0.1) is 0 Å².